The standard InChI is InChI=1S/C20H23N3O2/c1-13-15-7-5-6-8-17(15)25-18(13)19(24)22-10-9-16-14(12-22)11-21-23(16)20(2,3)4/h5-8,11H,9-10,12H2,1-4H3. The van der Waals surface area contributed by atoms with Crippen LogP contribution in [0.25, 0.3) is 11.0 Å². The molecule has 3 aromatic rings. The van der Waals surface area contributed by atoms with Crippen molar-refractivity contribution in [3.8, 4) is 0 Å². The summed E-state index contributed by atoms with van der Waals surface area (Å²) in [7, 11) is 0. The van der Waals surface area contributed by atoms with Gasteiger partial charge in [0, 0.05) is 41.7 Å². The number of aromatic nitrogens is 2. The van der Waals surface area contributed by atoms with E-state index < -0.39 is 0 Å². The third-order valence-corrected chi connectivity index (χ3v) is 4.90. The maximum Gasteiger partial charge on any atom is 0.290 e. The number of hydrogen-bond acceptors (Lipinski definition) is 3. The average molecular weight is 337 g/mol. The van der Waals surface area contributed by atoms with Crippen molar-refractivity contribution in [2.24, 2.45) is 0 Å². The first-order valence-electron chi connectivity index (χ1n) is 8.70. The van der Waals surface area contributed by atoms with Gasteiger partial charge in [0.2, 0.25) is 0 Å². The third-order valence-electron chi connectivity index (χ3n) is 4.90. The molecule has 4 rings (SSSR count). The normalized spacial score (nSPS) is 14.8. The highest BCUT2D eigenvalue weighted by atomic mass is 16.3. The van der Waals surface area contributed by atoms with Gasteiger partial charge in [-0.15, -0.1) is 0 Å². The van der Waals surface area contributed by atoms with E-state index in [9.17, 15) is 4.79 Å². The number of carbonyl (C=O) groups is 1. The lowest BCUT2D eigenvalue weighted by atomic mass is 10.0. The minimum atomic E-state index is -0.0465. The minimum Gasteiger partial charge on any atom is -0.451 e. The predicted molar refractivity (Wildman–Crippen MR) is 96.6 cm³/mol. The van der Waals surface area contributed by atoms with E-state index in [0.717, 1.165) is 28.5 Å². The van der Waals surface area contributed by atoms with Crippen LogP contribution in [0.4, 0.5) is 0 Å². The molecule has 0 spiro atoms. The fourth-order valence-corrected chi connectivity index (χ4v) is 3.61. The number of furan rings is 1. The summed E-state index contributed by atoms with van der Waals surface area (Å²) < 4.78 is 7.93. The Bertz CT molecular complexity index is 959. The Labute approximate surface area is 147 Å². The van der Waals surface area contributed by atoms with Crippen LogP contribution in [-0.4, -0.2) is 27.1 Å². The van der Waals surface area contributed by atoms with E-state index in [1.54, 1.807) is 0 Å². The van der Waals surface area contributed by atoms with E-state index in [0.29, 0.717) is 18.8 Å². The third kappa shape index (κ3) is 2.54. The first-order chi connectivity index (χ1) is 11.9. The van der Waals surface area contributed by atoms with Crippen LogP contribution in [0.3, 0.4) is 0 Å². The molecule has 3 heterocycles. The summed E-state index contributed by atoms with van der Waals surface area (Å²) in [5.74, 6) is 0.413. The fourth-order valence-electron chi connectivity index (χ4n) is 3.61. The van der Waals surface area contributed by atoms with E-state index in [2.05, 4.69) is 30.6 Å². The van der Waals surface area contributed by atoms with Crippen molar-refractivity contribution in [1.29, 1.82) is 0 Å². The summed E-state index contributed by atoms with van der Waals surface area (Å²) in [4.78, 5) is 14.9. The van der Waals surface area contributed by atoms with Crippen molar-refractivity contribution in [2.45, 2.75) is 46.2 Å². The number of amides is 1. The highest BCUT2D eigenvalue weighted by Crippen LogP contribution is 2.29. The molecule has 1 aliphatic heterocycles. The van der Waals surface area contributed by atoms with E-state index in [1.807, 2.05) is 42.3 Å². The number of nitrogens with zero attached hydrogens (tertiary/aromatic N) is 3. The molecule has 0 N–H and O–H groups in total. The number of rotatable bonds is 1. The Morgan fingerprint density at radius 2 is 2.00 bits per heavy atom. The van der Waals surface area contributed by atoms with Crippen LogP contribution in [0.2, 0.25) is 0 Å². The number of benzene rings is 1. The van der Waals surface area contributed by atoms with Crippen LogP contribution in [0.5, 0.6) is 0 Å². The van der Waals surface area contributed by atoms with Crippen LogP contribution in [0.1, 0.15) is 48.1 Å². The average Bonchev–Trinajstić information content (AvgIpc) is 3.15. The van der Waals surface area contributed by atoms with Crippen molar-refractivity contribution in [2.75, 3.05) is 6.54 Å². The fraction of sp³-hybridized carbons (Fsp3) is 0.400. The summed E-state index contributed by atoms with van der Waals surface area (Å²) in [5, 5.41) is 5.55. The van der Waals surface area contributed by atoms with Gasteiger partial charge in [0.1, 0.15) is 5.58 Å². The Morgan fingerprint density at radius 3 is 2.72 bits per heavy atom. The molecule has 0 atom stereocenters. The lowest BCUT2D eigenvalue weighted by Crippen LogP contribution is -2.37. The Kier molecular flexibility index (Phi) is 3.49. The van der Waals surface area contributed by atoms with Gasteiger partial charge in [-0.05, 0) is 33.8 Å². The molecule has 0 saturated carbocycles. The van der Waals surface area contributed by atoms with Crippen molar-refractivity contribution in [3.05, 3.63) is 53.0 Å². The van der Waals surface area contributed by atoms with Crippen molar-refractivity contribution in [1.82, 2.24) is 14.7 Å². The molecule has 2 aromatic heterocycles. The van der Waals surface area contributed by atoms with E-state index >= 15 is 0 Å². The van der Waals surface area contributed by atoms with E-state index in [4.69, 9.17) is 4.42 Å². The Morgan fingerprint density at radius 1 is 1.24 bits per heavy atom. The van der Waals surface area contributed by atoms with Crippen molar-refractivity contribution >= 4 is 16.9 Å². The van der Waals surface area contributed by atoms with Gasteiger partial charge < -0.3 is 9.32 Å². The van der Waals surface area contributed by atoms with Crippen LogP contribution in [0.15, 0.2) is 34.9 Å². The molecule has 130 valence electrons. The van der Waals surface area contributed by atoms with Crippen LogP contribution >= 0.6 is 0 Å². The molecular weight excluding hydrogens is 314 g/mol. The Balaban J connectivity index is 1.64. The van der Waals surface area contributed by atoms with Gasteiger partial charge in [0.15, 0.2) is 5.76 Å². The highest BCUT2D eigenvalue weighted by Gasteiger charge is 2.30. The lowest BCUT2D eigenvalue weighted by Gasteiger charge is -2.29. The first kappa shape index (κ1) is 15.9. The largest absolute Gasteiger partial charge is 0.451 e. The molecule has 1 aliphatic rings. The second-order valence-corrected chi connectivity index (χ2v) is 7.73. The van der Waals surface area contributed by atoms with E-state index in [1.165, 1.54) is 5.69 Å². The topological polar surface area (TPSA) is 51.3 Å². The minimum absolute atomic E-state index is 0.0390. The monoisotopic (exact) mass is 337 g/mol. The lowest BCUT2D eigenvalue weighted by molar-refractivity contribution is 0.0701. The highest BCUT2D eigenvalue weighted by molar-refractivity contribution is 5.99. The molecule has 0 unspecified atom stereocenters. The van der Waals surface area contributed by atoms with E-state index in [-0.39, 0.29) is 11.4 Å². The summed E-state index contributed by atoms with van der Waals surface area (Å²) in [6.45, 7) is 9.66. The molecular formula is C20H23N3O2. The zero-order valence-electron chi connectivity index (χ0n) is 15.2. The maximum absolute atomic E-state index is 13.0. The van der Waals surface area contributed by atoms with Crippen LogP contribution in [0, 0.1) is 6.92 Å². The molecule has 1 aromatic carbocycles. The SMILES string of the molecule is Cc1c(C(=O)N2CCc3c(cnn3C(C)(C)C)C2)oc2ccccc12. The smallest absolute Gasteiger partial charge is 0.290 e. The molecule has 5 heteroatoms. The van der Waals surface area contributed by atoms with Gasteiger partial charge in [0.25, 0.3) is 5.91 Å². The quantitative estimate of drug-likeness (QED) is 0.677. The molecule has 0 radical (unpaired) electrons. The summed E-state index contributed by atoms with van der Waals surface area (Å²) >= 11 is 0. The molecule has 0 saturated heterocycles. The van der Waals surface area contributed by atoms with Gasteiger partial charge in [-0.3, -0.25) is 9.48 Å². The van der Waals surface area contributed by atoms with Crippen LogP contribution in [-0.2, 0) is 18.5 Å². The van der Waals surface area contributed by atoms with Crippen molar-refractivity contribution in [3.63, 3.8) is 0 Å². The van der Waals surface area contributed by atoms with Gasteiger partial charge in [-0.2, -0.15) is 5.10 Å². The van der Waals surface area contributed by atoms with Gasteiger partial charge in [-0.1, -0.05) is 18.2 Å². The molecule has 5 nitrogen and oxygen atoms in total. The molecule has 25 heavy (non-hydrogen) atoms. The zero-order valence-corrected chi connectivity index (χ0v) is 15.2. The summed E-state index contributed by atoms with van der Waals surface area (Å²) in [5.41, 5.74) is 3.99. The summed E-state index contributed by atoms with van der Waals surface area (Å²) in [6.07, 6.45) is 2.71. The maximum atomic E-state index is 13.0. The van der Waals surface area contributed by atoms with Gasteiger partial charge in [-0.25, -0.2) is 0 Å². The molecule has 0 fully saturated rings. The van der Waals surface area contributed by atoms with Gasteiger partial charge in [0.05, 0.1) is 11.7 Å². The van der Waals surface area contributed by atoms with Crippen molar-refractivity contribution < 1.29 is 9.21 Å². The Hall–Kier alpha value is -2.56. The first-order valence-corrected chi connectivity index (χ1v) is 8.70. The predicted octanol–water partition coefficient (Wildman–Crippen LogP) is 3.89. The number of aryl methyl sites for hydroxylation is 1. The zero-order chi connectivity index (χ0) is 17.8. The van der Waals surface area contributed by atoms with Gasteiger partial charge >= 0.3 is 0 Å². The second kappa shape index (κ2) is 5.48. The number of para-hydroxylation sites is 1. The molecule has 0 bridgehead atoms. The molecule has 1 amide bonds. The number of carbonyl (C=O) groups excluding carboxylic acids is 1. The number of fused-ring (bicyclic) bond motifs is 2. The second-order valence-electron chi connectivity index (χ2n) is 7.73. The number of hydrogen-bond donors (Lipinski definition) is 0. The van der Waals surface area contributed by atoms with Crippen LogP contribution < -0.4 is 0 Å². The summed E-state index contributed by atoms with van der Waals surface area (Å²) in [6, 6.07) is 7.79. The molecule has 0 aliphatic carbocycles.